The Kier molecular flexibility index (Phi) is 5.48. The molecule has 0 atom stereocenters. The molecular formula is C24H35N5O. The molecule has 0 radical (unpaired) electrons. The average molecular weight is 410 g/mol. The average Bonchev–Trinajstić information content (AvgIpc) is 3.13. The second-order valence-electron chi connectivity index (χ2n) is 11.0. The molecule has 2 heterocycles. The molecule has 0 bridgehead atoms. The number of imidazole rings is 1. The fourth-order valence-corrected chi connectivity index (χ4v) is 4.14. The first-order valence-electron chi connectivity index (χ1n) is 10.5. The minimum atomic E-state index is -0.182. The molecule has 0 aliphatic heterocycles. The van der Waals surface area contributed by atoms with Crippen LogP contribution < -0.4 is 10.6 Å². The Balaban J connectivity index is 2.02. The summed E-state index contributed by atoms with van der Waals surface area (Å²) in [5, 5.41) is 9.90. The minimum absolute atomic E-state index is 0.147. The molecule has 6 nitrogen and oxygen atoms in total. The van der Waals surface area contributed by atoms with Gasteiger partial charge in [0, 0.05) is 22.8 Å². The molecule has 30 heavy (non-hydrogen) atoms. The van der Waals surface area contributed by atoms with Crippen molar-refractivity contribution < 1.29 is 4.79 Å². The van der Waals surface area contributed by atoms with Crippen molar-refractivity contribution >= 4 is 23.1 Å². The Bertz CT molecular complexity index is 1030. The Labute approximate surface area is 179 Å². The highest BCUT2D eigenvalue weighted by Crippen LogP contribution is 2.35. The summed E-state index contributed by atoms with van der Waals surface area (Å²) in [6.07, 6.45) is 2.70. The normalized spacial score (nSPS) is 12.9. The number of H-pyrrole nitrogens is 1. The van der Waals surface area contributed by atoms with Crippen LogP contribution in [0.15, 0.2) is 36.5 Å². The first-order valence-corrected chi connectivity index (χ1v) is 10.5. The zero-order valence-corrected chi connectivity index (χ0v) is 19.5. The predicted molar refractivity (Wildman–Crippen MR) is 124 cm³/mol. The first-order chi connectivity index (χ1) is 13.8. The molecule has 0 unspecified atom stereocenters. The molecule has 0 fully saturated rings. The number of fused-ring (bicyclic) bond motifs is 1. The van der Waals surface area contributed by atoms with Crippen LogP contribution in [0.5, 0.6) is 0 Å². The van der Waals surface area contributed by atoms with Gasteiger partial charge in [-0.05, 0) is 37.8 Å². The smallest absolute Gasteiger partial charge is 0.261 e. The Morgan fingerprint density at radius 3 is 2.23 bits per heavy atom. The third-order valence-electron chi connectivity index (χ3n) is 4.87. The van der Waals surface area contributed by atoms with Crippen LogP contribution in [-0.2, 0) is 5.41 Å². The maximum Gasteiger partial charge on any atom is 0.261 e. The number of anilines is 2. The summed E-state index contributed by atoms with van der Waals surface area (Å²) in [4.78, 5) is 17.8. The lowest BCUT2D eigenvalue weighted by Crippen LogP contribution is -2.36. The summed E-state index contributed by atoms with van der Waals surface area (Å²) in [6.45, 7) is 17.6. The summed E-state index contributed by atoms with van der Waals surface area (Å²) >= 11 is 0. The molecule has 0 spiro atoms. The molecule has 3 N–H and O–H groups in total. The van der Waals surface area contributed by atoms with Crippen LogP contribution in [0, 0.1) is 5.41 Å². The van der Waals surface area contributed by atoms with E-state index < -0.39 is 0 Å². The summed E-state index contributed by atoms with van der Waals surface area (Å²) in [7, 11) is 0. The topological polar surface area (TPSA) is 74.2 Å². The Morgan fingerprint density at radius 2 is 1.67 bits per heavy atom. The van der Waals surface area contributed by atoms with E-state index in [4.69, 9.17) is 4.98 Å². The minimum Gasteiger partial charge on any atom is -0.364 e. The molecule has 1 amide bonds. The molecule has 0 saturated heterocycles. The zero-order chi connectivity index (χ0) is 22.3. The third kappa shape index (κ3) is 4.86. The molecule has 0 aliphatic rings. The highest BCUT2D eigenvalue weighted by molar-refractivity contribution is 6.08. The van der Waals surface area contributed by atoms with E-state index in [9.17, 15) is 4.79 Å². The van der Waals surface area contributed by atoms with E-state index in [1.54, 1.807) is 6.20 Å². The van der Waals surface area contributed by atoms with Gasteiger partial charge in [0.1, 0.15) is 5.56 Å². The van der Waals surface area contributed by atoms with Gasteiger partial charge in [-0.2, -0.15) is 0 Å². The van der Waals surface area contributed by atoms with Gasteiger partial charge >= 0.3 is 0 Å². The van der Waals surface area contributed by atoms with Gasteiger partial charge in [-0.15, -0.1) is 0 Å². The van der Waals surface area contributed by atoms with Gasteiger partial charge in [0.2, 0.25) is 0 Å². The van der Waals surface area contributed by atoms with Crippen LogP contribution in [0.25, 0.3) is 5.65 Å². The van der Waals surface area contributed by atoms with Crippen LogP contribution in [-0.4, -0.2) is 26.0 Å². The van der Waals surface area contributed by atoms with E-state index >= 15 is 0 Å². The van der Waals surface area contributed by atoms with Gasteiger partial charge in [-0.3, -0.25) is 9.89 Å². The summed E-state index contributed by atoms with van der Waals surface area (Å²) in [6, 6.07) is 9.46. The van der Waals surface area contributed by atoms with Gasteiger partial charge in [-0.25, -0.2) is 9.50 Å². The van der Waals surface area contributed by atoms with Crippen LogP contribution in [0.2, 0.25) is 0 Å². The summed E-state index contributed by atoms with van der Waals surface area (Å²) in [5.41, 5.74) is 2.69. The van der Waals surface area contributed by atoms with Crippen molar-refractivity contribution in [3.63, 3.8) is 0 Å². The van der Waals surface area contributed by atoms with E-state index in [1.165, 1.54) is 0 Å². The van der Waals surface area contributed by atoms with Crippen molar-refractivity contribution in [2.45, 2.75) is 72.8 Å². The maximum absolute atomic E-state index is 12.9. The SMILES string of the molecule is CC(C)(C)CC(C)(C)Nc1c(C(C)(C)C)nc2c(C(=O)Nc3ccccc3)c[nH]n12. The van der Waals surface area contributed by atoms with Crippen LogP contribution in [0.4, 0.5) is 11.5 Å². The van der Waals surface area contributed by atoms with Crippen LogP contribution >= 0.6 is 0 Å². The first kappa shape index (κ1) is 21.9. The second kappa shape index (κ2) is 7.49. The number of rotatable bonds is 5. The molecule has 162 valence electrons. The Morgan fingerprint density at radius 1 is 1.03 bits per heavy atom. The molecule has 3 aromatic rings. The molecule has 1 aromatic carbocycles. The molecular weight excluding hydrogens is 374 g/mol. The Hall–Kier alpha value is -2.76. The van der Waals surface area contributed by atoms with Gasteiger partial charge in [0.15, 0.2) is 11.5 Å². The van der Waals surface area contributed by atoms with Crippen molar-refractivity contribution in [1.82, 2.24) is 14.6 Å². The fraction of sp³-hybridized carbons (Fsp3) is 0.500. The molecule has 6 heteroatoms. The number of para-hydroxylation sites is 1. The second-order valence-corrected chi connectivity index (χ2v) is 11.0. The van der Waals surface area contributed by atoms with E-state index in [0.29, 0.717) is 11.2 Å². The quantitative estimate of drug-likeness (QED) is 0.496. The van der Waals surface area contributed by atoms with Crippen molar-refractivity contribution in [3.05, 3.63) is 47.8 Å². The third-order valence-corrected chi connectivity index (χ3v) is 4.87. The van der Waals surface area contributed by atoms with Crippen molar-refractivity contribution in [2.75, 3.05) is 10.6 Å². The van der Waals surface area contributed by atoms with Crippen molar-refractivity contribution in [2.24, 2.45) is 5.41 Å². The van der Waals surface area contributed by atoms with E-state index in [1.807, 2.05) is 34.8 Å². The van der Waals surface area contributed by atoms with Gasteiger partial charge < -0.3 is 10.6 Å². The van der Waals surface area contributed by atoms with E-state index in [-0.39, 0.29) is 22.3 Å². The standard InChI is InChI=1S/C24H35N5O/c1-22(2,3)15-24(7,8)28-20-18(23(4,5)6)27-19-17(14-25-29(19)20)21(30)26-16-12-10-9-11-13-16/h9-14,25,28H,15H2,1-8H3,(H,26,30). The van der Waals surface area contributed by atoms with Gasteiger partial charge in [0.25, 0.3) is 5.91 Å². The lowest BCUT2D eigenvalue weighted by molar-refractivity contribution is 0.102. The van der Waals surface area contributed by atoms with Gasteiger partial charge in [-0.1, -0.05) is 59.7 Å². The number of hydrogen-bond acceptors (Lipinski definition) is 3. The summed E-state index contributed by atoms with van der Waals surface area (Å²) < 4.78 is 1.89. The van der Waals surface area contributed by atoms with E-state index in [2.05, 4.69) is 71.1 Å². The molecule has 0 aliphatic carbocycles. The van der Waals surface area contributed by atoms with Crippen LogP contribution in [0.1, 0.15) is 77.9 Å². The summed E-state index contributed by atoms with van der Waals surface area (Å²) in [5.74, 6) is 0.726. The number of amides is 1. The number of aromatic nitrogens is 3. The molecule has 0 saturated carbocycles. The van der Waals surface area contributed by atoms with Crippen molar-refractivity contribution in [1.29, 1.82) is 0 Å². The number of carbonyl (C=O) groups excluding carboxylic acids is 1. The lowest BCUT2D eigenvalue weighted by Gasteiger charge is -2.34. The number of aromatic amines is 1. The fourth-order valence-electron chi connectivity index (χ4n) is 4.14. The zero-order valence-electron chi connectivity index (χ0n) is 19.5. The number of carbonyl (C=O) groups is 1. The van der Waals surface area contributed by atoms with E-state index in [0.717, 1.165) is 23.6 Å². The molecule has 2 aromatic heterocycles. The predicted octanol–water partition coefficient (Wildman–Crippen LogP) is 5.84. The lowest BCUT2D eigenvalue weighted by atomic mass is 9.81. The number of benzene rings is 1. The molecule has 3 rings (SSSR count). The number of nitrogens with one attached hydrogen (secondary N) is 3. The van der Waals surface area contributed by atoms with Gasteiger partial charge in [0.05, 0.1) is 5.69 Å². The maximum atomic E-state index is 12.9. The van der Waals surface area contributed by atoms with Crippen molar-refractivity contribution in [3.8, 4) is 0 Å². The largest absolute Gasteiger partial charge is 0.364 e. The number of nitrogens with zero attached hydrogens (tertiary/aromatic N) is 2. The van der Waals surface area contributed by atoms with Crippen LogP contribution in [0.3, 0.4) is 0 Å². The monoisotopic (exact) mass is 409 g/mol. The number of hydrogen-bond donors (Lipinski definition) is 3. The highest BCUT2D eigenvalue weighted by atomic mass is 16.1. The highest BCUT2D eigenvalue weighted by Gasteiger charge is 2.32.